The van der Waals surface area contributed by atoms with E-state index in [1.54, 1.807) is 18.2 Å². The maximum Gasteiger partial charge on any atom is 0.248 e. The van der Waals surface area contributed by atoms with Crippen molar-refractivity contribution >= 4 is 33.9 Å². The van der Waals surface area contributed by atoms with Crippen LogP contribution in [0.2, 0.25) is 0 Å². The van der Waals surface area contributed by atoms with Crippen LogP contribution < -0.4 is 21.1 Å². The smallest absolute Gasteiger partial charge is 0.248 e. The number of nitrogens with two attached hydrogens (primary N) is 1. The number of hydrogen-bond donors (Lipinski definition) is 4. The second-order valence-electron chi connectivity index (χ2n) is 9.90. The molecule has 0 radical (unpaired) electrons. The van der Waals surface area contributed by atoms with Gasteiger partial charge >= 0.3 is 0 Å². The SMILES string of the molecule is C#Cc1cccc(Nc2c(C#N)cnc3cc(O[C@H]4CCOC4)c(NC(=O)/C=C/C[C@@H](O)CCCCCN)cc23)c1. The third-order valence-electron chi connectivity index (χ3n) is 6.75. The van der Waals surface area contributed by atoms with Gasteiger partial charge in [0.15, 0.2) is 0 Å². The molecule has 2 aromatic carbocycles. The van der Waals surface area contributed by atoms with E-state index in [1.807, 2.05) is 24.3 Å². The molecule has 5 N–H and O–H groups in total. The number of nitrogens with one attached hydrogen (secondary N) is 2. The minimum Gasteiger partial charge on any atom is -0.486 e. The fraction of sp³-hybridized carbons (Fsp3) is 0.344. The van der Waals surface area contributed by atoms with Crippen molar-refractivity contribution in [3.63, 3.8) is 0 Å². The van der Waals surface area contributed by atoms with Crippen LogP contribution in [0.3, 0.4) is 0 Å². The van der Waals surface area contributed by atoms with Crippen molar-refractivity contribution in [2.24, 2.45) is 5.73 Å². The average molecular weight is 554 g/mol. The van der Waals surface area contributed by atoms with Gasteiger partial charge in [0.1, 0.15) is 17.9 Å². The number of aliphatic hydroxyl groups excluding tert-OH is 1. The monoisotopic (exact) mass is 553 g/mol. The number of carbonyl (C=O) groups is 1. The second-order valence-corrected chi connectivity index (χ2v) is 9.90. The van der Waals surface area contributed by atoms with E-state index in [0.29, 0.717) is 77.4 Å². The van der Waals surface area contributed by atoms with Gasteiger partial charge in [0.2, 0.25) is 5.91 Å². The first-order valence-electron chi connectivity index (χ1n) is 13.8. The number of unbranched alkanes of at least 4 members (excludes halogenated alkanes) is 2. The first kappa shape index (κ1) is 29.6. The summed E-state index contributed by atoms with van der Waals surface area (Å²) in [7, 11) is 0. The van der Waals surface area contributed by atoms with Gasteiger partial charge in [-0.25, -0.2) is 0 Å². The van der Waals surface area contributed by atoms with Gasteiger partial charge in [-0.05, 0) is 56.1 Å². The Hall–Kier alpha value is -4.41. The molecule has 212 valence electrons. The number of pyridine rings is 1. The fourth-order valence-electron chi connectivity index (χ4n) is 4.58. The van der Waals surface area contributed by atoms with E-state index in [4.69, 9.17) is 21.6 Å². The lowest BCUT2D eigenvalue weighted by atomic mass is 10.1. The van der Waals surface area contributed by atoms with Gasteiger partial charge in [0.25, 0.3) is 0 Å². The number of aromatic nitrogens is 1. The lowest BCUT2D eigenvalue weighted by Gasteiger charge is -2.18. The molecular formula is C32H35N5O4. The molecule has 1 amide bonds. The van der Waals surface area contributed by atoms with Crippen LogP contribution in [0.4, 0.5) is 17.1 Å². The highest BCUT2D eigenvalue weighted by Crippen LogP contribution is 2.37. The molecule has 3 aromatic rings. The average Bonchev–Trinajstić information content (AvgIpc) is 3.49. The quantitative estimate of drug-likeness (QED) is 0.135. The number of aliphatic hydroxyl groups is 1. The molecule has 1 saturated heterocycles. The zero-order chi connectivity index (χ0) is 29.0. The van der Waals surface area contributed by atoms with Gasteiger partial charge < -0.3 is 30.9 Å². The van der Waals surface area contributed by atoms with Crippen LogP contribution in [0.25, 0.3) is 10.9 Å². The number of nitriles is 1. The zero-order valence-corrected chi connectivity index (χ0v) is 22.9. The number of carbonyl (C=O) groups excluding carboxylic acids is 1. The standard InChI is InChI=1S/C32H35N5O4/c1-2-22-8-6-9-24(16-22)36-32-23(19-34)20-35-28-18-30(41-26-13-15-40-21-26)29(17-27(28)32)37-31(39)12-7-11-25(38)10-4-3-5-14-33/h1,6-9,12,16-18,20,25-26,38H,3-5,10-11,13-15,21,33H2,(H,35,36)(H,37,39)/b12-7+/t25-,26-/m0/s1. The van der Waals surface area contributed by atoms with Gasteiger partial charge in [-0.2, -0.15) is 5.26 Å². The molecule has 1 aliphatic heterocycles. The van der Waals surface area contributed by atoms with Crippen LogP contribution in [-0.4, -0.2) is 48.0 Å². The highest BCUT2D eigenvalue weighted by molar-refractivity contribution is 6.04. The molecule has 1 fully saturated rings. The Bertz CT molecular complexity index is 1470. The maximum atomic E-state index is 12.9. The number of amides is 1. The molecule has 0 unspecified atom stereocenters. The maximum absolute atomic E-state index is 12.9. The summed E-state index contributed by atoms with van der Waals surface area (Å²) in [4.78, 5) is 17.4. The Labute approximate surface area is 240 Å². The van der Waals surface area contributed by atoms with Crippen LogP contribution in [0.1, 0.15) is 49.7 Å². The summed E-state index contributed by atoms with van der Waals surface area (Å²) in [6, 6.07) is 13.0. The number of terminal acetylenes is 1. The molecule has 1 aliphatic rings. The molecule has 2 heterocycles. The largest absolute Gasteiger partial charge is 0.486 e. The van der Waals surface area contributed by atoms with E-state index in [-0.39, 0.29) is 12.0 Å². The first-order chi connectivity index (χ1) is 20.0. The minimum atomic E-state index is -0.518. The highest BCUT2D eigenvalue weighted by atomic mass is 16.5. The van der Waals surface area contributed by atoms with Gasteiger partial charge in [-0.1, -0.05) is 30.9 Å². The Morgan fingerprint density at radius 1 is 1.32 bits per heavy atom. The number of rotatable bonds is 13. The van der Waals surface area contributed by atoms with Crippen molar-refractivity contribution < 1.29 is 19.4 Å². The predicted molar refractivity (Wildman–Crippen MR) is 160 cm³/mol. The molecule has 41 heavy (non-hydrogen) atoms. The van der Waals surface area contributed by atoms with Crippen LogP contribution in [-0.2, 0) is 9.53 Å². The van der Waals surface area contributed by atoms with E-state index in [2.05, 4.69) is 27.6 Å². The van der Waals surface area contributed by atoms with Crippen molar-refractivity contribution in [2.75, 3.05) is 30.4 Å². The lowest BCUT2D eigenvalue weighted by molar-refractivity contribution is -0.111. The van der Waals surface area contributed by atoms with E-state index >= 15 is 0 Å². The molecule has 9 nitrogen and oxygen atoms in total. The molecule has 1 aromatic heterocycles. The Morgan fingerprint density at radius 3 is 2.95 bits per heavy atom. The number of hydrogen-bond acceptors (Lipinski definition) is 8. The number of ether oxygens (including phenoxy) is 2. The zero-order valence-electron chi connectivity index (χ0n) is 22.9. The van der Waals surface area contributed by atoms with Gasteiger partial charge in [-0.15, -0.1) is 6.42 Å². The lowest BCUT2D eigenvalue weighted by Crippen LogP contribution is -2.18. The summed E-state index contributed by atoms with van der Waals surface area (Å²) in [5.74, 6) is 2.70. The molecule has 0 saturated carbocycles. The summed E-state index contributed by atoms with van der Waals surface area (Å²) < 4.78 is 11.7. The molecule has 2 atom stereocenters. The Balaban J connectivity index is 1.61. The summed E-state index contributed by atoms with van der Waals surface area (Å²) >= 11 is 0. The van der Waals surface area contributed by atoms with E-state index in [0.717, 1.165) is 25.7 Å². The number of benzene rings is 2. The topological polar surface area (TPSA) is 143 Å². The van der Waals surface area contributed by atoms with Crippen LogP contribution in [0.15, 0.2) is 54.7 Å². The fourth-order valence-corrected chi connectivity index (χ4v) is 4.58. The van der Waals surface area contributed by atoms with Crippen LogP contribution in [0.5, 0.6) is 5.75 Å². The molecule has 0 aliphatic carbocycles. The highest BCUT2D eigenvalue weighted by Gasteiger charge is 2.21. The van der Waals surface area contributed by atoms with E-state index in [9.17, 15) is 15.2 Å². The molecule has 0 bridgehead atoms. The van der Waals surface area contributed by atoms with Crippen molar-refractivity contribution in [2.45, 2.75) is 50.7 Å². The van der Waals surface area contributed by atoms with Crippen LogP contribution in [0, 0.1) is 23.7 Å². The van der Waals surface area contributed by atoms with Crippen molar-refractivity contribution in [1.29, 1.82) is 5.26 Å². The normalized spacial score (nSPS) is 15.4. The van der Waals surface area contributed by atoms with Gasteiger partial charge in [0, 0.05) is 35.3 Å². The summed E-state index contributed by atoms with van der Waals surface area (Å²) in [5, 5.41) is 26.9. The van der Waals surface area contributed by atoms with Crippen molar-refractivity contribution in [1.82, 2.24) is 4.98 Å². The predicted octanol–water partition coefficient (Wildman–Crippen LogP) is 4.76. The Kier molecular flexibility index (Phi) is 10.7. The second kappa shape index (κ2) is 14.8. The van der Waals surface area contributed by atoms with Crippen molar-refractivity contribution in [3.8, 4) is 24.2 Å². The molecular weight excluding hydrogens is 518 g/mol. The number of fused-ring (bicyclic) bond motifs is 1. The van der Waals surface area contributed by atoms with Gasteiger partial charge in [0.05, 0.1) is 41.8 Å². The van der Waals surface area contributed by atoms with E-state index < -0.39 is 6.10 Å². The minimum absolute atomic E-state index is 0.157. The molecule has 0 spiro atoms. The third kappa shape index (κ3) is 8.29. The number of nitrogens with zero attached hydrogens (tertiary/aromatic N) is 2. The third-order valence-corrected chi connectivity index (χ3v) is 6.75. The summed E-state index contributed by atoms with van der Waals surface area (Å²) in [6.45, 7) is 1.70. The molecule has 4 rings (SSSR count). The summed E-state index contributed by atoms with van der Waals surface area (Å²) in [6.07, 6.45) is 14.0. The van der Waals surface area contributed by atoms with Gasteiger partial charge in [-0.3, -0.25) is 9.78 Å². The first-order valence-corrected chi connectivity index (χ1v) is 13.8. The van der Waals surface area contributed by atoms with Crippen molar-refractivity contribution in [3.05, 3.63) is 65.9 Å². The number of anilines is 3. The Morgan fingerprint density at radius 2 is 2.20 bits per heavy atom. The van der Waals surface area contributed by atoms with Crippen LogP contribution >= 0.6 is 0 Å². The molecule has 9 heteroatoms. The van der Waals surface area contributed by atoms with E-state index in [1.165, 1.54) is 12.3 Å². The summed E-state index contributed by atoms with van der Waals surface area (Å²) in [5.41, 5.74) is 8.80.